The summed E-state index contributed by atoms with van der Waals surface area (Å²) in [6.07, 6.45) is 1.50. The molecule has 3 N–H and O–H groups in total. The van der Waals surface area contributed by atoms with Crippen molar-refractivity contribution in [3.63, 3.8) is 0 Å². The molecule has 0 aromatic heterocycles. The molecular weight excluding hydrogens is 252 g/mol. The van der Waals surface area contributed by atoms with E-state index in [0.29, 0.717) is 5.75 Å². The van der Waals surface area contributed by atoms with Gasteiger partial charge in [0.25, 0.3) is 5.91 Å². The van der Waals surface area contributed by atoms with Gasteiger partial charge in [0.05, 0.1) is 0 Å². The van der Waals surface area contributed by atoms with Crippen LogP contribution in [0.15, 0.2) is 12.1 Å². The van der Waals surface area contributed by atoms with Gasteiger partial charge in [-0.15, -0.1) is 0 Å². The van der Waals surface area contributed by atoms with Crippen molar-refractivity contribution in [2.75, 3.05) is 5.73 Å². The Bertz CT molecular complexity index is 472. The van der Waals surface area contributed by atoms with Crippen LogP contribution >= 0.6 is 0 Å². The molecule has 0 heterocycles. The van der Waals surface area contributed by atoms with Crippen molar-refractivity contribution in [1.82, 2.24) is 5.32 Å². The number of nitrogen functional groups attached to an aromatic ring is 1. The van der Waals surface area contributed by atoms with Gasteiger partial charge in [0.2, 0.25) is 0 Å². The highest BCUT2D eigenvalue weighted by Gasteiger charge is 2.17. The van der Waals surface area contributed by atoms with E-state index in [4.69, 9.17) is 10.5 Å². The molecule has 2 unspecified atom stereocenters. The summed E-state index contributed by atoms with van der Waals surface area (Å²) < 4.78 is 5.75. The van der Waals surface area contributed by atoms with E-state index in [9.17, 15) is 4.79 Å². The van der Waals surface area contributed by atoms with Crippen molar-refractivity contribution in [1.29, 1.82) is 0 Å². The number of nitrogens with one attached hydrogen (secondary N) is 1. The summed E-state index contributed by atoms with van der Waals surface area (Å²) in [4.78, 5) is 12.0. The lowest BCUT2D eigenvalue weighted by molar-refractivity contribution is -0.127. The van der Waals surface area contributed by atoms with E-state index in [1.54, 1.807) is 6.92 Å². The molecule has 112 valence electrons. The molecule has 1 amide bonds. The first kappa shape index (κ1) is 16.3. The first-order valence-corrected chi connectivity index (χ1v) is 7.18. The van der Waals surface area contributed by atoms with Gasteiger partial charge in [-0.05, 0) is 57.4 Å². The molecule has 2 atom stereocenters. The highest BCUT2D eigenvalue weighted by molar-refractivity contribution is 5.81. The normalized spacial score (nSPS) is 13.7. The van der Waals surface area contributed by atoms with Crippen molar-refractivity contribution in [3.05, 3.63) is 23.3 Å². The van der Waals surface area contributed by atoms with Crippen molar-refractivity contribution < 1.29 is 9.53 Å². The van der Waals surface area contributed by atoms with Crippen molar-refractivity contribution in [2.45, 2.75) is 59.6 Å². The molecule has 0 aliphatic carbocycles. The van der Waals surface area contributed by atoms with Crippen LogP contribution in [0.1, 0.15) is 44.7 Å². The number of nitrogens with two attached hydrogens (primary N) is 1. The number of carbonyl (C=O) groups excluding carboxylic acids is 1. The minimum absolute atomic E-state index is 0.0835. The predicted molar refractivity (Wildman–Crippen MR) is 82.9 cm³/mol. The standard InChI is InChI=1S/C16H26N2O2/c1-6-7-12(4)18-16(19)13(5)20-15-9-10(2)14(17)8-11(15)3/h8-9,12-13H,6-7,17H2,1-5H3,(H,18,19). The molecule has 20 heavy (non-hydrogen) atoms. The van der Waals surface area contributed by atoms with Crippen molar-refractivity contribution >= 4 is 11.6 Å². The lowest BCUT2D eigenvalue weighted by Gasteiger charge is -2.20. The monoisotopic (exact) mass is 278 g/mol. The van der Waals surface area contributed by atoms with Gasteiger partial charge < -0.3 is 15.8 Å². The van der Waals surface area contributed by atoms with E-state index >= 15 is 0 Å². The van der Waals surface area contributed by atoms with E-state index in [-0.39, 0.29) is 11.9 Å². The van der Waals surface area contributed by atoms with Crippen LogP contribution in [0.5, 0.6) is 5.75 Å². The molecule has 0 fully saturated rings. The number of anilines is 1. The Hall–Kier alpha value is -1.71. The SMILES string of the molecule is CCCC(C)NC(=O)C(C)Oc1cc(C)c(N)cc1C. The van der Waals surface area contributed by atoms with Gasteiger partial charge in [0.1, 0.15) is 5.75 Å². The van der Waals surface area contributed by atoms with E-state index in [0.717, 1.165) is 29.7 Å². The minimum Gasteiger partial charge on any atom is -0.481 e. The van der Waals surface area contributed by atoms with E-state index in [1.165, 1.54) is 0 Å². The first-order valence-electron chi connectivity index (χ1n) is 7.18. The summed E-state index contributed by atoms with van der Waals surface area (Å²) in [6, 6.07) is 3.92. The van der Waals surface area contributed by atoms with Gasteiger partial charge in [-0.2, -0.15) is 0 Å². The summed E-state index contributed by atoms with van der Waals surface area (Å²) in [7, 11) is 0. The summed E-state index contributed by atoms with van der Waals surface area (Å²) in [5.74, 6) is 0.627. The van der Waals surface area contributed by atoms with Crippen LogP contribution in [0.4, 0.5) is 5.69 Å². The number of benzene rings is 1. The maximum absolute atomic E-state index is 12.0. The van der Waals surface area contributed by atoms with Crippen LogP contribution in [0.2, 0.25) is 0 Å². The first-order chi connectivity index (χ1) is 9.35. The zero-order chi connectivity index (χ0) is 15.3. The highest BCUT2D eigenvalue weighted by atomic mass is 16.5. The Morgan fingerprint density at radius 3 is 2.55 bits per heavy atom. The van der Waals surface area contributed by atoms with Crippen molar-refractivity contribution in [3.8, 4) is 5.75 Å². The Balaban J connectivity index is 2.68. The number of ether oxygens (including phenoxy) is 1. The minimum atomic E-state index is -0.518. The molecule has 4 nitrogen and oxygen atoms in total. The van der Waals surface area contributed by atoms with Crippen LogP contribution in [0.25, 0.3) is 0 Å². The fourth-order valence-electron chi connectivity index (χ4n) is 2.05. The molecule has 0 radical (unpaired) electrons. The maximum atomic E-state index is 12.0. The molecule has 0 aliphatic rings. The van der Waals surface area contributed by atoms with E-state index in [1.807, 2.05) is 32.9 Å². The second kappa shape index (κ2) is 7.17. The second-order valence-corrected chi connectivity index (χ2v) is 5.43. The lowest BCUT2D eigenvalue weighted by atomic mass is 10.1. The molecule has 0 saturated heterocycles. The van der Waals surface area contributed by atoms with E-state index in [2.05, 4.69) is 12.2 Å². The Morgan fingerprint density at radius 2 is 1.95 bits per heavy atom. The number of hydrogen-bond donors (Lipinski definition) is 2. The van der Waals surface area contributed by atoms with Crippen LogP contribution in [0.3, 0.4) is 0 Å². The van der Waals surface area contributed by atoms with E-state index < -0.39 is 6.10 Å². The molecule has 1 rings (SSSR count). The number of carbonyl (C=O) groups is 1. The van der Waals surface area contributed by atoms with Gasteiger partial charge >= 0.3 is 0 Å². The average molecular weight is 278 g/mol. The maximum Gasteiger partial charge on any atom is 0.260 e. The largest absolute Gasteiger partial charge is 0.481 e. The summed E-state index contributed by atoms with van der Waals surface area (Å²) >= 11 is 0. The van der Waals surface area contributed by atoms with Crippen LogP contribution in [0, 0.1) is 13.8 Å². The van der Waals surface area contributed by atoms with Gasteiger partial charge in [-0.25, -0.2) is 0 Å². The molecule has 0 saturated carbocycles. The molecule has 1 aromatic rings. The average Bonchev–Trinajstić information content (AvgIpc) is 2.35. The van der Waals surface area contributed by atoms with Gasteiger partial charge in [-0.3, -0.25) is 4.79 Å². The number of rotatable bonds is 6. The summed E-state index contributed by atoms with van der Waals surface area (Å²) in [5.41, 5.74) is 8.48. The van der Waals surface area contributed by atoms with Gasteiger partial charge in [0.15, 0.2) is 6.10 Å². The number of hydrogen-bond acceptors (Lipinski definition) is 3. The Morgan fingerprint density at radius 1 is 1.30 bits per heavy atom. The smallest absolute Gasteiger partial charge is 0.260 e. The van der Waals surface area contributed by atoms with Crippen LogP contribution < -0.4 is 15.8 Å². The Labute approximate surface area is 121 Å². The predicted octanol–water partition coefficient (Wildman–Crippen LogP) is 2.96. The highest BCUT2D eigenvalue weighted by Crippen LogP contribution is 2.25. The Kier molecular flexibility index (Phi) is 5.86. The summed E-state index contributed by atoms with van der Waals surface area (Å²) in [5, 5.41) is 2.96. The van der Waals surface area contributed by atoms with Crippen LogP contribution in [-0.4, -0.2) is 18.1 Å². The molecule has 0 bridgehead atoms. The zero-order valence-corrected chi connectivity index (χ0v) is 13.1. The van der Waals surface area contributed by atoms with Crippen LogP contribution in [-0.2, 0) is 4.79 Å². The van der Waals surface area contributed by atoms with Gasteiger partial charge in [-0.1, -0.05) is 13.3 Å². The number of amides is 1. The lowest BCUT2D eigenvalue weighted by Crippen LogP contribution is -2.41. The molecular formula is C16H26N2O2. The quantitative estimate of drug-likeness (QED) is 0.786. The molecule has 0 spiro atoms. The van der Waals surface area contributed by atoms with Gasteiger partial charge in [0, 0.05) is 11.7 Å². The molecule has 4 heteroatoms. The topological polar surface area (TPSA) is 64.3 Å². The third-order valence-corrected chi connectivity index (χ3v) is 3.35. The second-order valence-electron chi connectivity index (χ2n) is 5.43. The third-order valence-electron chi connectivity index (χ3n) is 3.35. The molecule has 1 aromatic carbocycles. The number of aryl methyl sites for hydroxylation is 2. The molecule has 0 aliphatic heterocycles. The fourth-order valence-corrected chi connectivity index (χ4v) is 2.05. The third kappa shape index (κ3) is 4.44. The van der Waals surface area contributed by atoms with Crippen molar-refractivity contribution in [2.24, 2.45) is 0 Å². The zero-order valence-electron chi connectivity index (χ0n) is 13.1. The summed E-state index contributed by atoms with van der Waals surface area (Å²) in [6.45, 7) is 9.72. The fraction of sp³-hybridized carbons (Fsp3) is 0.562.